The summed E-state index contributed by atoms with van der Waals surface area (Å²) < 4.78 is 18.7. The predicted octanol–water partition coefficient (Wildman–Crippen LogP) is 3.24. The van der Waals surface area contributed by atoms with Gasteiger partial charge in [-0.3, -0.25) is 4.79 Å². The van der Waals surface area contributed by atoms with E-state index < -0.39 is 6.04 Å². The van der Waals surface area contributed by atoms with Crippen molar-refractivity contribution in [2.45, 2.75) is 57.0 Å². The third-order valence-electron chi connectivity index (χ3n) is 6.96. The van der Waals surface area contributed by atoms with Crippen molar-refractivity contribution in [3.63, 3.8) is 0 Å². The maximum atomic E-state index is 12.8. The number of fused-ring (bicyclic) bond motifs is 4. The fourth-order valence-corrected chi connectivity index (χ4v) is 5.75. The van der Waals surface area contributed by atoms with Gasteiger partial charge in [0.15, 0.2) is 11.5 Å². The van der Waals surface area contributed by atoms with E-state index in [-0.39, 0.29) is 29.6 Å². The maximum absolute atomic E-state index is 12.8. The molecule has 1 amide bonds. The quantitative estimate of drug-likeness (QED) is 0.767. The molecule has 0 bridgehead atoms. The lowest BCUT2D eigenvalue weighted by atomic mass is 9.70. The molecule has 0 radical (unpaired) electrons. The van der Waals surface area contributed by atoms with Crippen LogP contribution < -0.4 is 15.2 Å². The number of hydrogen-bond donors (Lipinski definition) is 1. The zero-order valence-electron chi connectivity index (χ0n) is 18.4. The summed E-state index contributed by atoms with van der Waals surface area (Å²) >= 11 is 1.73. The SMILES string of the molecule is COc1cccc2c1OC(C)(C)[C@H]1C[C@@H]3CN(C(=O)[C@H](N)CCSC)CC[C@@H]3O[C@H]21. The number of hydrogen-bond acceptors (Lipinski definition) is 6. The van der Waals surface area contributed by atoms with Gasteiger partial charge in [-0.1, -0.05) is 12.1 Å². The number of ether oxygens (including phenoxy) is 3. The lowest BCUT2D eigenvalue weighted by molar-refractivity contribution is -0.189. The lowest BCUT2D eigenvalue weighted by Crippen LogP contribution is -2.57. The third-order valence-corrected chi connectivity index (χ3v) is 7.61. The number of methoxy groups -OCH3 is 1. The molecule has 0 spiro atoms. The van der Waals surface area contributed by atoms with E-state index >= 15 is 0 Å². The molecule has 1 aromatic rings. The molecule has 3 aliphatic rings. The van der Waals surface area contributed by atoms with Gasteiger partial charge in [-0.05, 0) is 51.2 Å². The maximum Gasteiger partial charge on any atom is 0.239 e. The van der Waals surface area contributed by atoms with E-state index in [1.54, 1.807) is 18.9 Å². The Morgan fingerprint density at radius 1 is 1.43 bits per heavy atom. The van der Waals surface area contributed by atoms with E-state index in [1.165, 1.54) is 0 Å². The highest BCUT2D eigenvalue weighted by Crippen LogP contribution is 2.55. The number of thioether (sulfide) groups is 1. The summed E-state index contributed by atoms with van der Waals surface area (Å²) in [7, 11) is 1.67. The standard InChI is InChI=1S/C23H34N2O4S/c1-23(2)16-12-14-13-25(22(26)17(24)9-11-30-4)10-8-18(14)28-20(16)15-6-5-7-19(27-3)21(15)29-23/h5-7,14,16-18,20H,8-13,24H2,1-4H3/t14-,16+,17-,18+,20-/m1/s1. The Morgan fingerprint density at radius 3 is 2.97 bits per heavy atom. The van der Waals surface area contributed by atoms with Crippen LogP contribution in [0.2, 0.25) is 0 Å². The first-order valence-electron chi connectivity index (χ1n) is 10.9. The molecule has 6 nitrogen and oxygen atoms in total. The number of carbonyl (C=O) groups is 1. The fourth-order valence-electron chi connectivity index (χ4n) is 5.26. The van der Waals surface area contributed by atoms with E-state index in [0.29, 0.717) is 5.92 Å². The van der Waals surface area contributed by atoms with Gasteiger partial charge in [-0.15, -0.1) is 0 Å². The average Bonchev–Trinajstić information content (AvgIpc) is 2.75. The molecule has 7 heteroatoms. The van der Waals surface area contributed by atoms with Crippen LogP contribution in [0.15, 0.2) is 18.2 Å². The molecular formula is C23H34N2O4S. The van der Waals surface area contributed by atoms with Crippen molar-refractivity contribution in [2.75, 3.05) is 32.2 Å². The Kier molecular flexibility index (Phi) is 6.24. The van der Waals surface area contributed by atoms with E-state index in [0.717, 1.165) is 55.2 Å². The number of rotatable bonds is 5. The number of likely N-dealkylation sites (tertiary alicyclic amines) is 1. The highest BCUT2D eigenvalue weighted by Gasteiger charge is 2.52. The summed E-state index contributed by atoms with van der Waals surface area (Å²) in [5.74, 6) is 3.08. The predicted molar refractivity (Wildman–Crippen MR) is 119 cm³/mol. The van der Waals surface area contributed by atoms with Crippen molar-refractivity contribution >= 4 is 17.7 Å². The van der Waals surface area contributed by atoms with Gasteiger partial charge in [0.2, 0.25) is 5.91 Å². The molecule has 166 valence electrons. The summed E-state index contributed by atoms with van der Waals surface area (Å²) in [6, 6.07) is 5.63. The highest BCUT2D eigenvalue weighted by molar-refractivity contribution is 7.98. The van der Waals surface area contributed by atoms with Crippen LogP contribution in [0.4, 0.5) is 0 Å². The zero-order chi connectivity index (χ0) is 21.5. The van der Waals surface area contributed by atoms with E-state index in [9.17, 15) is 4.79 Å². The highest BCUT2D eigenvalue weighted by atomic mass is 32.2. The summed E-state index contributed by atoms with van der Waals surface area (Å²) in [5, 5.41) is 0. The number of amides is 1. The Morgan fingerprint density at radius 2 is 2.23 bits per heavy atom. The first-order valence-corrected chi connectivity index (χ1v) is 12.3. The third kappa shape index (κ3) is 3.92. The Hall–Kier alpha value is -1.44. The largest absolute Gasteiger partial charge is 0.493 e. The second kappa shape index (κ2) is 8.60. The summed E-state index contributed by atoms with van der Waals surface area (Å²) in [5.41, 5.74) is 6.87. The Bertz CT molecular complexity index is 786. The molecule has 2 fully saturated rings. The second-order valence-electron chi connectivity index (χ2n) is 9.24. The molecule has 0 saturated carbocycles. The normalized spacial score (nSPS) is 30.4. The minimum absolute atomic E-state index is 0.00816. The van der Waals surface area contributed by atoms with Crippen LogP contribution in [0.3, 0.4) is 0 Å². The van der Waals surface area contributed by atoms with Gasteiger partial charge in [0.25, 0.3) is 0 Å². The van der Waals surface area contributed by atoms with Crippen molar-refractivity contribution in [2.24, 2.45) is 17.6 Å². The monoisotopic (exact) mass is 434 g/mol. The topological polar surface area (TPSA) is 74.0 Å². The van der Waals surface area contributed by atoms with Gasteiger partial charge >= 0.3 is 0 Å². The smallest absolute Gasteiger partial charge is 0.239 e. The molecule has 2 saturated heterocycles. The van der Waals surface area contributed by atoms with Gasteiger partial charge in [-0.25, -0.2) is 0 Å². The molecule has 5 atom stereocenters. The van der Waals surface area contributed by atoms with Crippen LogP contribution in [0.25, 0.3) is 0 Å². The fraction of sp³-hybridized carbons (Fsp3) is 0.696. The van der Waals surface area contributed by atoms with Crippen molar-refractivity contribution in [3.05, 3.63) is 23.8 Å². The van der Waals surface area contributed by atoms with Crippen LogP contribution in [0.5, 0.6) is 11.5 Å². The molecule has 3 heterocycles. The van der Waals surface area contributed by atoms with Gasteiger partial charge in [0.05, 0.1) is 25.4 Å². The molecule has 30 heavy (non-hydrogen) atoms. The molecule has 1 aromatic carbocycles. The number of benzene rings is 1. The van der Waals surface area contributed by atoms with Crippen molar-refractivity contribution in [1.29, 1.82) is 0 Å². The molecular weight excluding hydrogens is 400 g/mol. The van der Waals surface area contributed by atoms with Crippen molar-refractivity contribution in [1.82, 2.24) is 4.90 Å². The summed E-state index contributed by atoms with van der Waals surface area (Å²) in [6.45, 7) is 5.71. The van der Waals surface area contributed by atoms with Crippen LogP contribution in [-0.4, -0.2) is 60.8 Å². The number of carbonyl (C=O) groups excluding carboxylic acids is 1. The molecule has 0 unspecified atom stereocenters. The minimum atomic E-state index is -0.403. The number of nitrogens with zero attached hydrogens (tertiary/aromatic N) is 1. The van der Waals surface area contributed by atoms with E-state index in [4.69, 9.17) is 19.9 Å². The number of nitrogens with two attached hydrogens (primary N) is 1. The van der Waals surface area contributed by atoms with E-state index in [1.807, 2.05) is 23.3 Å². The number of para-hydroxylation sites is 1. The lowest BCUT2D eigenvalue weighted by Gasteiger charge is -2.53. The molecule has 0 aliphatic carbocycles. The van der Waals surface area contributed by atoms with Gasteiger partial charge in [0, 0.05) is 30.5 Å². The average molecular weight is 435 g/mol. The first-order chi connectivity index (χ1) is 14.4. The Balaban J connectivity index is 1.52. The van der Waals surface area contributed by atoms with Crippen molar-refractivity contribution in [3.8, 4) is 11.5 Å². The van der Waals surface area contributed by atoms with Crippen LogP contribution in [0, 0.1) is 11.8 Å². The molecule has 3 aliphatic heterocycles. The van der Waals surface area contributed by atoms with Crippen LogP contribution in [0.1, 0.15) is 44.8 Å². The summed E-state index contributed by atoms with van der Waals surface area (Å²) in [6.07, 6.45) is 4.75. The van der Waals surface area contributed by atoms with Crippen LogP contribution >= 0.6 is 11.8 Å². The molecule has 2 N–H and O–H groups in total. The molecule has 0 aromatic heterocycles. The Labute approximate surface area is 183 Å². The van der Waals surface area contributed by atoms with E-state index in [2.05, 4.69) is 19.9 Å². The summed E-state index contributed by atoms with van der Waals surface area (Å²) in [4.78, 5) is 14.8. The minimum Gasteiger partial charge on any atom is -0.493 e. The van der Waals surface area contributed by atoms with Gasteiger partial charge < -0.3 is 24.8 Å². The van der Waals surface area contributed by atoms with Gasteiger partial charge in [-0.2, -0.15) is 11.8 Å². The van der Waals surface area contributed by atoms with Crippen LogP contribution in [-0.2, 0) is 9.53 Å². The number of piperidine rings is 1. The zero-order valence-corrected chi connectivity index (χ0v) is 19.2. The van der Waals surface area contributed by atoms with Gasteiger partial charge in [0.1, 0.15) is 5.60 Å². The molecule has 4 rings (SSSR count). The first kappa shape index (κ1) is 21.8. The van der Waals surface area contributed by atoms with Crippen molar-refractivity contribution < 1.29 is 19.0 Å². The second-order valence-corrected chi connectivity index (χ2v) is 10.2.